The Kier molecular flexibility index (Phi) is 5.10. The van der Waals surface area contributed by atoms with Gasteiger partial charge in [-0.05, 0) is 19.4 Å². The Morgan fingerprint density at radius 3 is 2.90 bits per heavy atom. The Hall–Kier alpha value is -2.15. The number of rotatable bonds is 6. The minimum absolute atomic E-state index is 0.160. The SMILES string of the molecule is CCCNc1ncc(C(=O)NCc2nc(C)no2)cc1Cl. The number of hydrogen-bond donors (Lipinski definition) is 2. The average Bonchev–Trinajstić information content (AvgIpc) is 2.89. The predicted octanol–water partition coefficient (Wildman–Crippen LogP) is 2.18. The average molecular weight is 310 g/mol. The lowest BCUT2D eigenvalue weighted by atomic mass is 10.2. The fourth-order valence-electron chi connectivity index (χ4n) is 1.61. The third kappa shape index (κ3) is 4.16. The van der Waals surface area contributed by atoms with E-state index in [1.165, 1.54) is 6.20 Å². The molecule has 2 rings (SSSR count). The van der Waals surface area contributed by atoms with Gasteiger partial charge in [0.05, 0.1) is 17.1 Å². The van der Waals surface area contributed by atoms with Gasteiger partial charge in [-0.1, -0.05) is 23.7 Å². The Morgan fingerprint density at radius 1 is 1.48 bits per heavy atom. The summed E-state index contributed by atoms with van der Waals surface area (Å²) in [7, 11) is 0. The van der Waals surface area contributed by atoms with Crippen molar-refractivity contribution in [3.63, 3.8) is 0 Å². The fraction of sp³-hybridized carbons (Fsp3) is 0.385. The second-order valence-corrected chi connectivity index (χ2v) is 4.81. The van der Waals surface area contributed by atoms with E-state index in [1.807, 2.05) is 6.92 Å². The molecule has 2 heterocycles. The first-order valence-corrected chi connectivity index (χ1v) is 6.94. The monoisotopic (exact) mass is 309 g/mol. The van der Waals surface area contributed by atoms with Crippen LogP contribution in [-0.4, -0.2) is 27.6 Å². The van der Waals surface area contributed by atoms with Gasteiger partial charge in [-0.15, -0.1) is 0 Å². The van der Waals surface area contributed by atoms with Crippen molar-refractivity contribution in [3.05, 3.63) is 34.6 Å². The van der Waals surface area contributed by atoms with Gasteiger partial charge >= 0.3 is 0 Å². The maximum atomic E-state index is 12.0. The van der Waals surface area contributed by atoms with E-state index in [9.17, 15) is 4.79 Å². The van der Waals surface area contributed by atoms with E-state index < -0.39 is 0 Å². The first-order chi connectivity index (χ1) is 10.1. The number of nitrogens with zero attached hydrogens (tertiary/aromatic N) is 3. The molecule has 2 aromatic heterocycles. The van der Waals surface area contributed by atoms with Crippen LogP contribution in [0.3, 0.4) is 0 Å². The molecular weight excluding hydrogens is 294 g/mol. The lowest BCUT2D eigenvalue weighted by Crippen LogP contribution is -2.23. The zero-order chi connectivity index (χ0) is 15.2. The summed E-state index contributed by atoms with van der Waals surface area (Å²) in [5, 5.41) is 9.80. The van der Waals surface area contributed by atoms with Gasteiger partial charge in [-0.25, -0.2) is 4.98 Å². The third-order valence-corrected chi connectivity index (χ3v) is 2.90. The van der Waals surface area contributed by atoms with Gasteiger partial charge in [-0.3, -0.25) is 4.79 Å². The van der Waals surface area contributed by atoms with E-state index in [0.717, 1.165) is 13.0 Å². The molecule has 0 aliphatic rings. The smallest absolute Gasteiger partial charge is 0.253 e. The quantitative estimate of drug-likeness (QED) is 0.849. The van der Waals surface area contributed by atoms with Crippen LogP contribution in [0.15, 0.2) is 16.8 Å². The van der Waals surface area contributed by atoms with Gasteiger partial charge in [0, 0.05) is 12.7 Å². The maximum absolute atomic E-state index is 12.0. The Labute approximate surface area is 127 Å². The van der Waals surface area contributed by atoms with Crippen molar-refractivity contribution in [1.82, 2.24) is 20.4 Å². The van der Waals surface area contributed by atoms with Crippen LogP contribution in [0.5, 0.6) is 0 Å². The summed E-state index contributed by atoms with van der Waals surface area (Å²) in [4.78, 5) is 20.1. The van der Waals surface area contributed by atoms with Crippen LogP contribution in [0.2, 0.25) is 5.02 Å². The molecule has 7 nitrogen and oxygen atoms in total. The van der Waals surface area contributed by atoms with Crippen molar-refractivity contribution in [3.8, 4) is 0 Å². The summed E-state index contributed by atoms with van der Waals surface area (Å²) in [5.74, 6) is 1.14. The Balaban J connectivity index is 1.97. The zero-order valence-corrected chi connectivity index (χ0v) is 12.6. The lowest BCUT2D eigenvalue weighted by molar-refractivity contribution is 0.0946. The van der Waals surface area contributed by atoms with E-state index in [-0.39, 0.29) is 12.5 Å². The number of amides is 1. The first kappa shape index (κ1) is 15.2. The first-order valence-electron chi connectivity index (χ1n) is 6.57. The number of carbonyl (C=O) groups excluding carboxylic acids is 1. The van der Waals surface area contributed by atoms with Crippen LogP contribution in [0.4, 0.5) is 5.82 Å². The molecule has 0 aliphatic heterocycles. The normalized spacial score (nSPS) is 10.4. The van der Waals surface area contributed by atoms with E-state index in [2.05, 4.69) is 25.8 Å². The molecule has 0 aromatic carbocycles. The molecule has 0 aliphatic carbocycles. The predicted molar refractivity (Wildman–Crippen MR) is 78.2 cm³/mol. The highest BCUT2D eigenvalue weighted by Crippen LogP contribution is 2.20. The van der Waals surface area contributed by atoms with Crippen LogP contribution in [0.25, 0.3) is 0 Å². The fourth-order valence-corrected chi connectivity index (χ4v) is 1.84. The van der Waals surface area contributed by atoms with E-state index in [0.29, 0.717) is 28.1 Å². The minimum Gasteiger partial charge on any atom is -0.369 e. The van der Waals surface area contributed by atoms with Crippen LogP contribution in [0.1, 0.15) is 35.4 Å². The van der Waals surface area contributed by atoms with Crippen molar-refractivity contribution in [2.45, 2.75) is 26.8 Å². The summed E-state index contributed by atoms with van der Waals surface area (Å²) >= 11 is 6.08. The molecule has 0 radical (unpaired) electrons. The molecule has 21 heavy (non-hydrogen) atoms. The summed E-state index contributed by atoms with van der Waals surface area (Å²) in [6.45, 7) is 4.68. The molecular formula is C13H16ClN5O2. The number of aryl methyl sites for hydroxylation is 1. The maximum Gasteiger partial charge on any atom is 0.253 e. The van der Waals surface area contributed by atoms with Crippen LogP contribution in [-0.2, 0) is 6.54 Å². The van der Waals surface area contributed by atoms with Gasteiger partial charge < -0.3 is 15.2 Å². The molecule has 0 saturated carbocycles. The summed E-state index contributed by atoms with van der Waals surface area (Å²) in [6, 6.07) is 1.57. The highest BCUT2D eigenvalue weighted by molar-refractivity contribution is 6.33. The van der Waals surface area contributed by atoms with E-state index in [1.54, 1.807) is 13.0 Å². The topological polar surface area (TPSA) is 92.9 Å². The van der Waals surface area contributed by atoms with Crippen molar-refractivity contribution in [2.24, 2.45) is 0 Å². The van der Waals surface area contributed by atoms with E-state index in [4.69, 9.17) is 16.1 Å². The van der Waals surface area contributed by atoms with Crippen molar-refractivity contribution in [1.29, 1.82) is 0 Å². The molecule has 8 heteroatoms. The molecule has 1 amide bonds. The zero-order valence-electron chi connectivity index (χ0n) is 11.8. The number of anilines is 1. The molecule has 2 N–H and O–H groups in total. The standard InChI is InChI=1S/C13H16ClN5O2/c1-3-4-15-12-10(14)5-9(6-16-12)13(20)17-7-11-18-8(2)19-21-11/h5-6H,3-4,7H2,1-2H3,(H,15,16)(H,17,20). The van der Waals surface area contributed by atoms with Crippen LogP contribution < -0.4 is 10.6 Å². The van der Waals surface area contributed by atoms with Gasteiger partial charge in [0.2, 0.25) is 5.89 Å². The van der Waals surface area contributed by atoms with Gasteiger partial charge in [0.25, 0.3) is 5.91 Å². The second kappa shape index (κ2) is 7.03. The van der Waals surface area contributed by atoms with Gasteiger partial charge in [0.15, 0.2) is 5.82 Å². The lowest BCUT2D eigenvalue weighted by Gasteiger charge is -2.08. The number of nitrogens with one attached hydrogen (secondary N) is 2. The van der Waals surface area contributed by atoms with Crippen molar-refractivity contribution >= 4 is 23.3 Å². The summed E-state index contributed by atoms with van der Waals surface area (Å²) < 4.78 is 4.91. The molecule has 0 fully saturated rings. The number of pyridine rings is 1. The Bertz CT molecular complexity index is 629. The second-order valence-electron chi connectivity index (χ2n) is 4.40. The molecule has 0 atom stereocenters. The van der Waals surface area contributed by atoms with Gasteiger partial charge in [0.1, 0.15) is 5.82 Å². The van der Waals surface area contributed by atoms with Crippen molar-refractivity contribution < 1.29 is 9.32 Å². The number of carbonyl (C=O) groups is 1. The Morgan fingerprint density at radius 2 is 2.29 bits per heavy atom. The highest BCUT2D eigenvalue weighted by atomic mass is 35.5. The summed E-state index contributed by atoms with van der Waals surface area (Å²) in [6.07, 6.45) is 2.43. The summed E-state index contributed by atoms with van der Waals surface area (Å²) in [5.41, 5.74) is 0.373. The van der Waals surface area contributed by atoms with Crippen LogP contribution >= 0.6 is 11.6 Å². The molecule has 0 bridgehead atoms. The largest absolute Gasteiger partial charge is 0.369 e. The third-order valence-electron chi connectivity index (χ3n) is 2.62. The molecule has 2 aromatic rings. The number of hydrogen-bond acceptors (Lipinski definition) is 6. The van der Waals surface area contributed by atoms with Crippen molar-refractivity contribution in [2.75, 3.05) is 11.9 Å². The number of aromatic nitrogens is 3. The number of halogens is 1. The van der Waals surface area contributed by atoms with Gasteiger partial charge in [-0.2, -0.15) is 4.98 Å². The molecule has 112 valence electrons. The minimum atomic E-state index is -0.303. The highest BCUT2D eigenvalue weighted by Gasteiger charge is 2.11. The van der Waals surface area contributed by atoms with Crippen LogP contribution in [0, 0.1) is 6.92 Å². The molecule has 0 spiro atoms. The molecule has 0 saturated heterocycles. The molecule has 0 unspecified atom stereocenters. The van der Waals surface area contributed by atoms with E-state index >= 15 is 0 Å².